The summed E-state index contributed by atoms with van der Waals surface area (Å²) in [6.45, 7) is 4.01. The van der Waals surface area contributed by atoms with E-state index in [0.717, 1.165) is 24.0 Å². The van der Waals surface area contributed by atoms with E-state index < -0.39 is 0 Å². The lowest BCUT2D eigenvalue weighted by atomic mass is 9.79. The fourth-order valence-electron chi connectivity index (χ4n) is 4.41. The average Bonchev–Trinajstić information content (AvgIpc) is 3.46. The standard InChI is InChI=1S/C24H26FN3O2/c1-14(26)23(15(2)27)16-3-6-18(7-4-16)28-22(29)12-20-19-8-5-17(25)11-21(19)30-13-24(20)9-10-24/h3-8,11,20,26H,9-10,12-13,27H2,1-2H3,(H,28,29)/b23-15+,26-14?. The molecule has 2 aliphatic rings. The molecule has 156 valence electrons. The van der Waals surface area contributed by atoms with Crippen LogP contribution in [0.15, 0.2) is 48.2 Å². The van der Waals surface area contributed by atoms with Crippen LogP contribution in [0.3, 0.4) is 0 Å². The Bertz CT molecular complexity index is 1030. The molecule has 1 spiro atoms. The van der Waals surface area contributed by atoms with Crippen molar-refractivity contribution >= 4 is 22.9 Å². The van der Waals surface area contributed by atoms with Gasteiger partial charge in [-0.25, -0.2) is 4.39 Å². The Kier molecular flexibility index (Phi) is 5.10. The van der Waals surface area contributed by atoms with Crippen molar-refractivity contribution in [3.63, 3.8) is 0 Å². The molecule has 1 fully saturated rings. The molecule has 0 saturated heterocycles. The predicted molar refractivity (Wildman–Crippen MR) is 116 cm³/mol. The Morgan fingerprint density at radius 3 is 2.53 bits per heavy atom. The minimum absolute atomic E-state index is 0.00807. The first-order chi connectivity index (χ1) is 14.3. The first kappa shape index (κ1) is 20.1. The van der Waals surface area contributed by atoms with E-state index in [1.165, 1.54) is 12.1 Å². The minimum atomic E-state index is -0.329. The van der Waals surface area contributed by atoms with Crippen LogP contribution < -0.4 is 15.8 Å². The molecule has 4 N–H and O–H groups in total. The topological polar surface area (TPSA) is 88.2 Å². The summed E-state index contributed by atoms with van der Waals surface area (Å²) >= 11 is 0. The zero-order valence-electron chi connectivity index (χ0n) is 17.2. The van der Waals surface area contributed by atoms with E-state index >= 15 is 0 Å². The number of nitrogens with two attached hydrogens (primary N) is 1. The summed E-state index contributed by atoms with van der Waals surface area (Å²) in [6, 6.07) is 11.9. The molecular formula is C24H26FN3O2. The van der Waals surface area contributed by atoms with Crippen LogP contribution >= 0.6 is 0 Å². The van der Waals surface area contributed by atoms with Gasteiger partial charge < -0.3 is 21.2 Å². The summed E-state index contributed by atoms with van der Waals surface area (Å²) in [6.07, 6.45) is 2.37. The lowest BCUT2D eigenvalue weighted by Crippen LogP contribution is -2.30. The van der Waals surface area contributed by atoms with Gasteiger partial charge in [0.05, 0.1) is 6.61 Å². The predicted octanol–water partition coefficient (Wildman–Crippen LogP) is 4.84. The lowest BCUT2D eigenvalue weighted by molar-refractivity contribution is -0.117. The van der Waals surface area contributed by atoms with E-state index in [1.807, 2.05) is 24.3 Å². The highest BCUT2D eigenvalue weighted by atomic mass is 19.1. The number of ether oxygens (including phenoxy) is 1. The van der Waals surface area contributed by atoms with Crippen LogP contribution in [-0.4, -0.2) is 18.2 Å². The second-order valence-electron chi connectivity index (χ2n) is 8.40. The van der Waals surface area contributed by atoms with Crippen molar-refractivity contribution in [2.45, 2.75) is 39.0 Å². The van der Waals surface area contributed by atoms with E-state index in [0.29, 0.717) is 41.4 Å². The average molecular weight is 407 g/mol. The van der Waals surface area contributed by atoms with E-state index in [-0.39, 0.29) is 23.1 Å². The van der Waals surface area contributed by atoms with Crippen molar-refractivity contribution in [3.8, 4) is 5.75 Å². The van der Waals surface area contributed by atoms with Gasteiger partial charge in [0.15, 0.2) is 0 Å². The number of hydrogen-bond acceptors (Lipinski definition) is 4. The molecule has 6 heteroatoms. The van der Waals surface area contributed by atoms with Gasteiger partial charge in [-0.15, -0.1) is 0 Å². The van der Waals surface area contributed by atoms with E-state index in [4.69, 9.17) is 15.9 Å². The van der Waals surface area contributed by atoms with Crippen LogP contribution in [0.5, 0.6) is 5.75 Å². The van der Waals surface area contributed by atoms with Crippen molar-refractivity contribution in [3.05, 3.63) is 65.1 Å². The molecular weight excluding hydrogens is 381 g/mol. The summed E-state index contributed by atoms with van der Waals surface area (Å²) < 4.78 is 19.4. The van der Waals surface area contributed by atoms with Gasteiger partial charge in [-0.1, -0.05) is 18.2 Å². The molecule has 5 nitrogen and oxygen atoms in total. The molecule has 1 atom stereocenters. The van der Waals surface area contributed by atoms with E-state index in [2.05, 4.69) is 5.32 Å². The highest BCUT2D eigenvalue weighted by Gasteiger charge is 2.54. The number of amides is 1. The SMILES string of the molecule is CC(=N)/C(=C(/C)N)c1ccc(NC(=O)CC2c3ccc(F)cc3OCC23CC3)cc1. The van der Waals surface area contributed by atoms with Crippen molar-refractivity contribution in [1.82, 2.24) is 0 Å². The number of fused-ring (bicyclic) bond motifs is 1. The van der Waals surface area contributed by atoms with Crippen LogP contribution in [0.4, 0.5) is 10.1 Å². The molecule has 0 aromatic heterocycles. The Morgan fingerprint density at radius 1 is 1.23 bits per heavy atom. The third kappa shape index (κ3) is 3.82. The summed E-state index contributed by atoms with van der Waals surface area (Å²) in [5.74, 6) is 0.166. The smallest absolute Gasteiger partial charge is 0.225 e. The molecule has 1 saturated carbocycles. The Hall–Kier alpha value is -3.15. The quantitative estimate of drug-likeness (QED) is 0.620. The molecule has 1 unspecified atom stereocenters. The van der Waals surface area contributed by atoms with Crippen molar-refractivity contribution < 1.29 is 13.9 Å². The summed E-state index contributed by atoms with van der Waals surface area (Å²) in [5, 5.41) is 10.9. The summed E-state index contributed by atoms with van der Waals surface area (Å²) in [5.41, 5.74) is 10.0. The Labute approximate surface area is 175 Å². The molecule has 2 aromatic carbocycles. The Morgan fingerprint density at radius 2 is 1.93 bits per heavy atom. The zero-order chi connectivity index (χ0) is 21.5. The van der Waals surface area contributed by atoms with Crippen molar-refractivity contribution in [2.75, 3.05) is 11.9 Å². The van der Waals surface area contributed by atoms with Crippen LogP contribution in [0, 0.1) is 16.6 Å². The number of carbonyl (C=O) groups excluding carboxylic acids is 1. The minimum Gasteiger partial charge on any atom is -0.493 e. The number of benzene rings is 2. The molecule has 1 aliphatic heterocycles. The molecule has 4 rings (SSSR count). The zero-order valence-corrected chi connectivity index (χ0v) is 17.2. The summed E-state index contributed by atoms with van der Waals surface area (Å²) in [7, 11) is 0. The van der Waals surface area contributed by atoms with Gasteiger partial charge in [-0.05, 0) is 56.0 Å². The number of nitrogens with one attached hydrogen (secondary N) is 2. The lowest BCUT2D eigenvalue weighted by Gasteiger charge is -2.33. The van der Waals surface area contributed by atoms with Crippen LogP contribution in [0.25, 0.3) is 5.57 Å². The molecule has 0 radical (unpaired) electrons. The van der Waals surface area contributed by atoms with Crippen LogP contribution in [0.1, 0.15) is 50.2 Å². The van der Waals surface area contributed by atoms with Gasteiger partial charge >= 0.3 is 0 Å². The van der Waals surface area contributed by atoms with Gasteiger partial charge in [-0.3, -0.25) is 4.79 Å². The second kappa shape index (κ2) is 7.59. The maximum absolute atomic E-state index is 13.6. The van der Waals surface area contributed by atoms with E-state index in [9.17, 15) is 9.18 Å². The maximum atomic E-state index is 13.6. The largest absolute Gasteiger partial charge is 0.493 e. The highest BCUT2D eigenvalue weighted by Crippen LogP contribution is 2.61. The maximum Gasteiger partial charge on any atom is 0.225 e. The summed E-state index contributed by atoms with van der Waals surface area (Å²) in [4.78, 5) is 12.8. The van der Waals surface area contributed by atoms with Gasteiger partial charge in [0.1, 0.15) is 11.6 Å². The number of rotatable bonds is 5. The molecule has 0 bridgehead atoms. The molecule has 30 heavy (non-hydrogen) atoms. The van der Waals surface area contributed by atoms with Crippen LogP contribution in [-0.2, 0) is 4.79 Å². The third-order valence-corrected chi connectivity index (χ3v) is 6.11. The van der Waals surface area contributed by atoms with Crippen molar-refractivity contribution in [1.29, 1.82) is 5.41 Å². The first-order valence-corrected chi connectivity index (χ1v) is 10.1. The number of allylic oxidation sites excluding steroid dienone is 2. The molecule has 1 heterocycles. The van der Waals surface area contributed by atoms with Crippen LogP contribution in [0.2, 0.25) is 0 Å². The molecule has 1 aliphatic carbocycles. The van der Waals surface area contributed by atoms with E-state index in [1.54, 1.807) is 19.9 Å². The Balaban J connectivity index is 1.49. The fraction of sp³-hybridized carbons (Fsp3) is 0.333. The number of carbonyl (C=O) groups is 1. The van der Waals surface area contributed by atoms with Gasteiger partial charge in [0.25, 0.3) is 0 Å². The third-order valence-electron chi connectivity index (χ3n) is 6.11. The monoisotopic (exact) mass is 407 g/mol. The highest BCUT2D eigenvalue weighted by molar-refractivity contribution is 6.21. The fourth-order valence-corrected chi connectivity index (χ4v) is 4.41. The van der Waals surface area contributed by atoms with Gasteiger partial charge in [0, 0.05) is 46.5 Å². The number of halogens is 1. The van der Waals surface area contributed by atoms with Gasteiger partial charge in [-0.2, -0.15) is 0 Å². The van der Waals surface area contributed by atoms with Gasteiger partial charge in [0.2, 0.25) is 5.91 Å². The second-order valence-corrected chi connectivity index (χ2v) is 8.40. The first-order valence-electron chi connectivity index (χ1n) is 10.1. The normalized spacial score (nSPS) is 19.4. The molecule has 2 aromatic rings. The molecule has 1 amide bonds. The van der Waals surface area contributed by atoms with Crippen molar-refractivity contribution in [2.24, 2.45) is 11.1 Å². The number of anilines is 1. The number of hydrogen-bond donors (Lipinski definition) is 3.